The number of nitrogens with one attached hydrogen (secondary N) is 1. The summed E-state index contributed by atoms with van der Waals surface area (Å²) in [5, 5.41) is 2.90. The Hall–Kier alpha value is -3.80. The first-order chi connectivity index (χ1) is 14.5. The lowest BCUT2D eigenvalue weighted by Gasteiger charge is -2.14. The van der Waals surface area contributed by atoms with Crippen LogP contribution in [0, 0.1) is 0 Å². The molecule has 4 rings (SSSR count). The van der Waals surface area contributed by atoms with Gasteiger partial charge < -0.3 is 5.32 Å². The van der Waals surface area contributed by atoms with Crippen molar-refractivity contribution in [3.05, 3.63) is 101 Å². The van der Waals surface area contributed by atoms with E-state index in [-0.39, 0.29) is 29.3 Å². The fourth-order valence-electron chi connectivity index (χ4n) is 3.52. The Balaban J connectivity index is 1.48. The van der Waals surface area contributed by atoms with Gasteiger partial charge in [-0.3, -0.25) is 24.3 Å². The molecule has 1 aromatic heterocycles. The number of hydrogen-bond donors (Lipinski definition) is 1. The van der Waals surface area contributed by atoms with Gasteiger partial charge in [0.1, 0.15) is 0 Å². The van der Waals surface area contributed by atoms with Crippen LogP contribution >= 0.6 is 0 Å². The molecule has 0 saturated heterocycles. The van der Waals surface area contributed by atoms with Gasteiger partial charge in [-0.1, -0.05) is 36.4 Å². The first-order valence-electron chi connectivity index (χ1n) is 9.79. The Morgan fingerprint density at radius 3 is 2.50 bits per heavy atom. The van der Waals surface area contributed by atoms with E-state index < -0.39 is 0 Å². The quantitative estimate of drug-likeness (QED) is 0.644. The van der Waals surface area contributed by atoms with Crippen molar-refractivity contribution in [2.45, 2.75) is 19.4 Å². The summed E-state index contributed by atoms with van der Waals surface area (Å²) in [5.74, 6) is -0.986. The molecular formula is C24H21N3O3. The third-order valence-electron chi connectivity index (χ3n) is 5.23. The maximum atomic E-state index is 12.8. The smallest absolute Gasteiger partial charge is 0.261 e. The fraction of sp³-hybridized carbons (Fsp3) is 0.167. The Morgan fingerprint density at radius 2 is 1.77 bits per heavy atom. The van der Waals surface area contributed by atoms with Gasteiger partial charge >= 0.3 is 0 Å². The van der Waals surface area contributed by atoms with E-state index in [0.717, 1.165) is 11.1 Å². The predicted molar refractivity (Wildman–Crippen MR) is 112 cm³/mol. The summed E-state index contributed by atoms with van der Waals surface area (Å²) in [6.07, 6.45) is 3.95. The molecule has 0 aliphatic carbocycles. The van der Waals surface area contributed by atoms with E-state index in [1.54, 1.807) is 24.5 Å². The Morgan fingerprint density at radius 1 is 1.00 bits per heavy atom. The lowest BCUT2D eigenvalue weighted by Crippen LogP contribution is -2.31. The third kappa shape index (κ3) is 3.85. The number of aromatic nitrogens is 1. The summed E-state index contributed by atoms with van der Waals surface area (Å²) >= 11 is 0. The number of carbonyl (C=O) groups is 3. The molecule has 2 heterocycles. The van der Waals surface area contributed by atoms with Gasteiger partial charge in [0.2, 0.25) is 0 Å². The van der Waals surface area contributed by atoms with E-state index in [0.29, 0.717) is 24.1 Å². The van der Waals surface area contributed by atoms with Crippen molar-refractivity contribution in [2.75, 3.05) is 6.54 Å². The number of fused-ring (bicyclic) bond motifs is 1. The highest BCUT2D eigenvalue weighted by atomic mass is 16.2. The summed E-state index contributed by atoms with van der Waals surface area (Å²) in [6.45, 7) is 2.16. The van der Waals surface area contributed by atoms with E-state index in [2.05, 4.69) is 10.3 Å². The van der Waals surface area contributed by atoms with Crippen molar-refractivity contribution >= 4 is 17.7 Å². The number of imide groups is 1. The molecule has 1 atom stereocenters. The zero-order valence-corrected chi connectivity index (χ0v) is 16.5. The monoisotopic (exact) mass is 399 g/mol. The molecule has 2 aromatic carbocycles. The van der Waals surface area contributed by atoms with E-state index in [1.807, 2.05) is 49.4 Å². The molecule has 3 amide bonds. The minimum atomic E-state index is -0.360. The fourth-order valence-corrected chi connectivity index (χ4v) is 3.52. The van der Waals surface area contributed by atoms with Crippen molar-refractivity contribution in [1.29, 1.82) is 0 Å². The third-order valence-corrected chi connectivity index (χ3v) is 5.23. The SMILES string of the molecule is C[C@@H](NC(=O)c1ccc2c(c1)C(=O)N(CCc1ccccc1)C2=O)c1cccnc1. The highest BCUT2D eigenvalue weighted by Gasteiger charge is 2.35. The molecule has 150 valence electrons. The van der Waals surface area contributed by atoms with Gasteiger partial charge in [0, 0.05) is 24.5 Å². The van der Waals surface area contributed by atoms with Gasteiger partial charge in [-0.25, -0.2) is 0 Å². The number of rotatable bonds is 6. The molecule has 0 spiro atoms. The van der Waals surface area contributed by atoms with Gasteiger partial charge in [0.15, 0.2) is 0 Å². The van der Waals surface area contributed by atoms with Crippen LogP contribution in [0.3, 0.4) is 0 Å². The minimum Gasteiger partial charge on any atom is -0.345 e. The summed E-state index contributed by atoms with van der Waals surface area (Å²) in [6, 6.07) is 17.8. The molecule has 0 unspecified atom stereocenters. The highest BCUT2D eigenvalue weighted by Crippen LogP contribution is 2.25. The predicted octanol–water partition coefficient (Wildman–Crippen LogP) is 3.41. The van der Waals surface area contributed by atoms with Gasteiger partial charge in [-0.15, -0.1) is 0 Å². The molecule has 0 saturated carbocycles. The molecule has 0 fully saturated rings. The molecule has 6 heteroatoms. The molecule has 1 N–H and O–H groups in total. The van der Waals surface area contributed by atoms with Crippen molar-refractivity contribution in [3.8, 4) is 0 Å². The van der Waals surface area contributed by atoms with Crippen LogP contribution in [0.1, 0.15) is 55.2 Å². The zero-order valence-electron chi connectivity index (χ0n) is 16.5. The zero-order chi connectivity index (χ0) is 21.1. The molecule has 0 radical (unpaired) electrons. The standard InChI is InChI=1S/C24H21N3O3/c1-16(19-8-5-12-25-15-19)26-22(28)18-9-10-20-21(14-18)24(30)27(23(20)29)13-11-17-6-3-2-4-7-17/h2-10,12,14-16H,11,13H2,1H3,(H,26,28)/t16-/m1/s1. The Kier molecular flexibility index (Phi) is 5.39. The van der Waals surface area contributed by atoms with Crippen molar-refractivity contribution in [3.63, 3.8) is 0 Å². The summed E-state index contributed by atoms with van der Waals surface area (Å²) in [4.78, 5) is 43.5. The number of carbonyl (C=O) groups excluding carboxylic acids is 3. The summed E-state index contributed by atoms with van der Waals surface area (Å²) in [5.41, 5.74) is 2.89. The van der Waals surface area contributed by atoms with Crippen molar-refractivity contribution < 1.29 is 14.4 Å². The number of hydrogen-bond acceptors (Lipinski definition) is 4. The average Bonchev–Trinajstić information content (AvgIpc) is 3.02. The molecule has 1 aliphatic heterocycles. The second kappa shape index (κ2) is 8.29. The van der Waals surface area contributed by atoms with Crippen LogP contribution in [0.15, 0.2) is 73.1 Å². The minimum absolute atomic E-state index is 0.237. The number of amides is 3. The lowest BCUT2D eigenvalue weighted by molar-refractivity contribution is 0.0656. The van der Waals surface area contributed by atoms with Crippen LogP contribution in [0.4, 0.5) is 0 Å². The van der Waals surface area contributed by atoms with Crippen LogP contribution in [0.5, 0.6) is 0 Å². The first kappa shape index (κ1) is 19.5. The average molecular weight is 399 g/mol. The second-order valence-electron chi connectivity index (χ2n) is 7.24. The van der Waals surface area contributed by atoms with Crippen LogP contribution < -0.4 is 5.32 Å². The maximum Gasteiger partial charge on any atom is 0.261 e. The molecular weight excluding hydrogens is 378 g/mol. The summed E-state index contributed by atoms with van der Waals surface area (Å²) < 4.78 is 0. The normalized spacial score (nSPS) is 13.8. The topological polar surface area (TPSA) is 79.4 Å². The van der Waals surface area contributed by atoms with E-state index in [1.165, 1.54) is 11.0 Å². The van der Waals surface area contributed by atoms with E-state index in [9.17, 15) is 14.4 Å². The molecule has 3 aromatic rings. The Bertz CT molecular complexity index is 1100. The molecule has 0 bridgehead atoms. The lowest BCUT2D eigenvalue weighted by atomic mass is 10.0. The summed E-state index contributed by atoms with van der Waals surface area (Å²) in [7, 11) is 0. The molecule has 6 nitrogen and oxygen atoms in total. The van der Waals surface area contributed by atoms with Crippen LogP contribution in [0.2, 0.25) is 0 Å². The van der Waals surface area contributed by atoms with E-state index >= 15 is 0 Å². The van der Waals surface area contributed by atoms with Crippen LogP contribution in [0.25, 0.3) is 0 Å². The maximum absolute atomic E-state index is 12.8. The van der Waals surface area contributed by atoms with Gasteiger partial charge in [-0.2, -0.15) is 0 Å². The van der Waals surface area contributed by atoms with Crippen LogP contribution in [-0.4, -0.2) is 34.2 Å². The molecule has 1 aliphatic rings. The van der Waals surface area contributed by atoms with Gasteiger partial charge in [-0.05, 0) is 48.7 Å². The van der Waals surface area contributed by atoms with Crippen LogP contribution in [-0.2, 0) is 6.42 Å². The van der Waals surface area contributed by atoms with E-state index in [4.69, 9.17) is 0 Å². The van der Waals surface area contributed by atoms with Gasteiger partial charge in [0.25, 0.3) is 17.7 Å². The second-order valence-corrected chi connectivity index (χ2v) is 7.24. The highest BCUT2D eigenvalue weighted by molar-refractivity contribution is 6.22. The first-order valence-corrected chi connectivity index (χ1v) is 9.79. The van der Waals surface area contributed by atoms with Crippen molar-refractivity contribution in [1.82, 2.24) is 15.2 Å². The van der Waals surface area contributed by atoms with Crippen molar-refractivity contribution in [2.24, 2.45) is 0 Å². The molecule has 30 heavy (non-hydrogen) atoms. The van der Waals surface area contributed by atoms with Gasteiger partial charge in [0.05, 0.1) is 17.2 Å². The Labute approximate surface area is 174 Å². The number of benzene rings is 2. The number of pyridine rings is 1. The number of nitrogens with zero attached hydrogens (tertiary/aromatic N) is 2. The largest absolute Gasteiger partial charge is 0.345 e.